The van der Waals surface area contributed by atoms with Gasteiger partial charge in [-0.3, -0.25) is 0 Å². The summed E-state index contributed by atoms with van der Waals surface area (Å²) < 4.78 is 2.54. The fraction of sp³-hybridized carbons (Fsp3) is 0.676. The van der Waals surface area contributed by atoms with Crippen LogP contribution in [0.3, 0.4) is 0 Å². The summed E-state index contributed by atoms with van der Waals surface area (Å²) >= 11 is 0. The zero-order valence-corrected chi connectivity index (χ0v) is 23.6. The summed E-state index contributed by atoms with van der Waals surface area (Å²) in [5.41, 5.74) is 4.52. The molecule has 0 saturated carbocycles. The first-order valence-electron chi connectivity index (χ1n) is 15.4. The Morgan fingerprint density at radius 2 is 0.971 bits per heavy atom. The molecule has 1 aromatic carbocycles. The van der Waals surface area contributed by atoms with Gasteiger partial charge < -0.3 is 0 Å². The molecule has 2 aromatic rings. The standard InChI is InChI=1S/C34H56N/c1-4-7-9-11-13-15-17-20-24-31-28-32(25-21-18-16-14-12-10-8-5-2)30-35(29-31)34(6-3)33-26-22-19-23-27-33/h19,22-23,26-30,34H,4-18,20-21,24-25H2,1-3H3/q+1. The van der Waals surface area contributed by atoms with Crippen molar-refractivity contribution in [2.75, 3.05) is 0 Å². The summed E-state index contributed by atoms with van der Waals surface area (Å²) in [6.07, 6.45) is 30.8. The fourth-order valence-electron chi connectivity index (χ4n) is 5.41. The maximum atomic E-state index is 2.54. The van der Waals surface area contributed by atoms with Gasteiger partial charge in [0.1, 0.15) is 0 Å². The largest absolute Gasteiger partial charge is 0.198 e. The van der Waals surface area contributed by atoms with Crippen LogP contribution in [0.1, 0.15) is 153 Å². The Kier molecular flexibility index (Phi) is 16.5. The minimum atomic E-state index is 0.437. The third-order valence-corrected chi connectivity index (χ3v) is 7.57. The van der Waals surface area contributed by atoms with E-state index in [2.05, 4.69) is 74.1 Å². The van der Waals surface area contributed by atoms with Gasteiger partial charge in [-0.15, -0.1) is 0 Å². The number of pyridine rings is 1. The molecule has 0 saturated heterocycles. The number of benzene rings is 1. The van der Waals surface area contributed by atoms with Crippen LogP contribution in [-0.4, -0.2) is 0 Å². The lowest BCUT2D eigenvalue weighted by Crippen LogP contribution is -2.40. The molecule has 0 bridgehead atoms. The molecule has 196 valence electrons. The number of hydrogen-bond donors (Lipinski definition) is 0. The van der Waals surface area contributed by atoms with Crippen LogP contribution in [0.25, 0.3) is 0 Å². The van der Waals surface area contributed by atoms with Crippen LogP contribution < -0.4 is 4.57 Å². The number of nitrogens with zero attached hydrogens (tertiary/aromatic N) is 1. The molecule has 0 spiro atoms. The van der Waals surface area contributed by atoms with E-state index in [0.29, 0.717) is 6.04 Å². The lowest BCUT2D eigenvalue weighted by atomic mass is 9.99. The van der Waals surface area contributed by atoms with Gasteiger partial charge in [0.15, 0.2) is 18.4 Å². The third kappa shape index (κ3) is 12.8. The summed E-state index contributed by atoms with van der Waals surface area (Å²) in [7, 11) is 0. The molecule has 1 heteroatoms. The molecule has 1 atom stereocenters. The molecule has 0 radical (unpaired) electrons. The number of aromatic nitrogens is 1. The lowest BCUT2D eigenvalue weighted by molar-refractivity contribution is -0.714. The van der Waals surface area contributed by atoms with Crippen molar-refractivity contribution in [1.29, 1.82) is 0 Å². The third-order valence-electron chi connectivity index (χ3n) is 7.57. The highest BCUT2D eigenvalue weighted by Crippen LogP contribution is 2.19. The van der Waals surface area contributed by atoms with Gasteiger partial charge in [0.2, 0.25) is 0 Å². The van der Waals surface area contributed by atoms with E-state index in [1.54, 1.807) is 11.1 Å². The van der Waals surface area contributed by atoms with Gasteiger partial charge in [-0.2, -0.15) is 4.57 Å². The van der Waals surface area contributed by atoms with Crippen molar-refractivity contribution in [2.45, 2.75) is 149 Å². The molecule has 0 aliphatic rings. The second kappa shape index (κ2) is 19.5. The minimum Gasteiger partial charge on any atom is -0.198 e. The fourth-order valence-corrected chi connectivity index (χ4v) is 5.41. The van der Waals surface area contributed by atoms with Gasteiger partial charge in [0.05, 0.1) is 0 Å². The van der Waals surface area contributed by atoms with E-state index in [-0.39, 0.29) is 0 Å². The van der Waals surface area contributed by atoms with Crippen LogP contribution in [0, 0.1) is 0 Å². The van der Waals surface area contributed by atoms with Gasteiger partial charge in [-0.25, -0.2) is 0 Å². The Labute approximate surface area is 218 Å². The average molecular weight is 479 g/mol. The van der Waals surface area contributed by atoms with Gasteiger partial charge in [0, 0.05) is 23.1 Å². The first kappa shape index (κ1) is 29.6. The predicted molar refractivity (Wildman–Crippen MR) is 154 cm³/mol. The summed E-state index contributed by atoms with van der Waals surface area (Å²) in [6, 6.07) is 14.1. The van der Waals surface area contributed by atoms with Crippen LogP contribution in [0.4, 0.5) is 0 Å². The molecular formula is C34H56N+. The van der Waals surface area contributed by atoms with E-state index in [1.165, 1.54) is 121 Å². The van der Waals surface area contributed by atoms with Crippen LogP contribution in [0.5, 0.6) is 0 Å². The van der Waals surface area contributed by atoms with Crippen molar-refractivity contribution in [2.24, 2.45) is 0 Å². The van der Waals surface area contributed by atoms with E-state index in [4.69, 9.17) is 0 Å². The van der Waals surface area contributed by atoms with Crippen molar-refractivity contribution >= 4 is 0 Å². The number of hydrogen-bond acceptors (Lipinski definition) is 0. The van der Waals surface area contributed by atoms with Crippen LogP contribution >= 0.6 is 0 Å². The van der Waals surface area contributed by atoms with E-state index >= 15 is 0 Å². The maximum absolute atomic E-state index is 2.54. The Bertz CT molecular complexity index is 712. The van der Waals surface area contributed by atoms with Crippen LogP contribution in [0.15, 0.2) is 48.8 Å². The molecular weight excluding hydrogens is 422 g/mol. The van der Waals surface area contributed by atoms with E-state index in [0.717, 1.165) is 6.42 Å². The normalized spacial score (nSPS) is 12.2. The quantitative estimate of drug-likeness (QED) is 0.124. The topological polar surface area (TPSA) is 3.88 Å². The number of aryl methyl sites for hydroxylation is 2. The maximum Gasteiger partial charge on any atom is 0.183 e. The molecule has 0 fully saturated rings. The van der Waals surface area contributed by atoms with Crippen molar-refractivity contribution in [3.63, 3.8) is 0 Å². The van der Waals surface area contributed by atoms with Crippen molar-refractivity contribution in [3.05, 3.63) is 65.5 Å². The van der Waals surface area contributed by atoms with Crippen molar-refractivity contribution < 1.29 is 4.57 Å². The monoisotopic (exact) mass is 478 g/mol. The lowest BCUT2D eigenvalue weighted by Gasteiger charge is -2.14. The molecule has 2 rings (SSSR count). The predicted octanol–water partition coefficient (Wildman–Crippen LogP) is 10.3. The highest BCUT2D eigenvalue weighted by Gasteiger charge is 2.20. The zero-order chi connectivity index (χ0) is 25.0. The summed E-state index contributed by atoms with van der Waals surface area (Å²) in [6.45, 7) is 6.93. The van der Waals surface area contributed by atoms with Gasteiger partial charge in [-0.05, 0) is 31.7 Å². The molecule has 0 aliphatic carbocycles. The SMILES string of the molecule is CCCCCCCCCCc1cc(CCCCCCCCCC)c[n+](C(CC)c2ccccc2)c1. The molecule has 0 amide bonds. The Morgan fingerprint density at radius 3 is 1.40 bits per heavy atom. The molecule has 35 heavy (non-hydrogen) atoms. The smallest absolute Gasteiger partial charge is 0.183 e. The Morgan fingerprint density at radius 1 is 0.543 bits per heavy atom. The van der Waals surface area contributed by atoms with Gasteiger partial charge in [-0.1, -0.05) is 141 Å². The van der Waals surface area contributed by atoms with E-state index in [1.807, 2.05) is 0 Å². The Balaban J connectivity index is 1.93. The molecule has 1 heterocycles. The zero-order valence-electron chi connectivity index (χ0n) is 23.6. The summed E-state index contributed by atoms with van der Waals surface area (Å²) in [5, 5.41) is 0. The first-order chi connectivity index (χ1) is 17.3. The molecule has 0 N–H and O–H groups in total. The van der Waals surface area contributed by atoms with Crippen molar-refractivity contribution in [3.8, 4) is 0 Å². The molecule has 1 aromatic heterocycles. The van der Waals surface area contributed by atoms with Crippen LogP contribution in [-0.2, 0) is 12.8 Å². The second-order valence-corrected chi connectivity index (χ2v) is 10.8. The number of unbranched alkanes of at least 4 members (excludes halogenated alkanes) is 14. The first-order valence-corrected chi connectivity index (χ1v) is 15.4. The van der Waals surface area contributed by atoms with Crippen molar-refractivity contribution in [1.82, 2.24) is 0 Å². The van der Waals surface area contributed by atoms with Gasteiger partial charge in [0.25, 0.3) is 0 Å². The summed E-state index contributed by atoms with van der Waals surface area (Å²) in [4.78, 5) is 0. The molecule has 1 unspecified atom stereocenters. The molecule has 0 aliphatic heterocycles. The second-order valence-electron chi connectivity index (χ2n) is 10.8. The van der Waals surface area contributed by atoms with E-state index < -0.39 is 0 Å². The van der Waals surface area contributed by atoms with Gasteiger partial charge >= 0.3 is 0 Å². The highest BCUT2D eigenvalue weighted by molar-refractivity contribution is 5.19. The van der Waals surface area contributed by atoms with Crippen LogP contribution in [0.2, 0.25) is 0 Å². The Hall–Kier alpha value is -1.63. The van der Waals surface area contributed by atoms with E-state index in [9.17, 15) is 0 Å². The summed E-state index contributed by atoms with van der Waals surface area (Å²) in [5.74, 6) is 0. The average Bonchev–Trinajstić information content (AvgIpc) is 2.88. The number of rotatable bonds is 21. The highest BCUT2D eigenvalue weighted by atomic mass is 15.0. The molecule has 1 nitrogen and oxygen atoms in total. The minimum absolute atomic E-state index is 0.437.